The molecule has 0 saturated heterocycles. The number of carboxylic acid groups (broad SMARTS) is 1. The molecule has 2 N–H and O–H groups in total. The zero-order valence-corrected chi connectivity index (χ0v) is 21.1. The van der Waals surface area contributed by atoms with Gasteiger partial charge in [0.1, 0.15) is 5.82 Å². The van der Waals surface area contributed by atoms with Crippen molar-refractivity contribution in [3.63, 3.8) is 0 Å². The maximum atomic E-state index is 13.7. The zero-order chi connectivity index (χ0) is 25.4. The molecular weight excluding hydrogens is 480 g/mol. The molecule has 3 aromatic rings. The summed E-state index contributed by atoms with van der Waals surface area (Å²) < 4.78 is 26.0. The van der Waals surface area contributed by atoms with Gasteiger partial charge >= 0.3 is 6.09 Å². The number of thiol groups is 1. The van der Waals surface area contributed by atoms with Crippen LogP contribution < -0.4 is 10.3 Å². The number of amides is 1. The molecule has 11 heteroatoms. The first-order chi connectivity index (χ1) is 15.8. The van der Waals surface area contributed by atoms with Crippen molar-refractivity contribution < 1.29 is 18.3 Å². The van der Waals surface area contributed by atoms with Crippen LogP contribution in [0.1, 0.15) is 58.1 Å². The Balaban J connectivity index is 2.35. The highest BCUT2D eigenvalue weighted by molar-refractivity contribution is 7.70. The zero-order valence-electron chi connectivity index (χ0n) is 19.4. The number of aromatic nitrogens is 2. The van der Waals surface area contributed by atoms with Gasteiger partial charge in [-0.25, -0.2) is 22.9 Å². The van der Waals surface area contributed by atoms with Crippen molar-refractivity contribution in [2.24, 2.45) is 0 Å². The molecule has 2 aromatic carbocycles. The Bertz CT molecular complexity index is 1370. The number of nitrogens with one attached hydrogen (secondary N) is 1. The van der Waals surface area contributed by atoms with Gasteiger partial charge in [0, 0.05) is 11.6 Å². The van der Waals surface area contributed by atoms with Crippen LogP contribution >= 0.6 is 11.6 Å². The fourth-order valence-electron chi connectivity index (χ4n) is 4.05. The molecule has 34 heavy (non-hydrogen) atoms. The number of carbonyl (C=O) groups is 1. The molecule has 2 unspecified atom stereocenters. The first kappa shape index (κ1) is 25.7. The molecule has 0 aliphatic heterocycles. The third-order valence-corrected chi connectivity index (χ3v) is 6.40. The summed E-state index contributed by atoms with van der Waals surface area (Å²) in [5.74, 6) is 0.213. The topological polar surface area (TPSA) is 122 Å². The Hall–Kier alpha value is -2.95. The lowest BCUT2D eigenvalue weighted by molar-refractivity contribution is 0.0719. The SMILES string of the molecule is CC(N[SH](=O)=O)c1cccc(-n2c(C(C)N(C(=O)O)C(C)(C)C)nc3cccc(Cl)c3c2=O)c1. The summed E-state index contributed by atoms with van der Waals surface area (Å²) in [6.07, 6.45) is -1.15. The molecule has 182 valence electrons. The number of benzene rings is 2. The molecule has 0 radical (unpaired) electrons. The van der Waals surface area contributed by atoms with Gasteiger partial charge in [-0.05, 0) is 64.4 Å². The molecule has 0 fully saturated rings. The van der Waals surface area contributed by atoms with Crippen molar-refractivity contribution in [1.82, 2.24) is 19.2 Å². The second-order valence-electron chi connectivity index (χ2n) is 8.95. The number of rotatable bonds is 6. The van der Waals surface area contributed by atoms with Gasteiger partial charge in [0.25, 0.3) is 5.56 Å². The molecular formula is C23H27ClN4O5S. The van der Waals surface area contributed by atoms with E-state index < -0.39 is 40.2 Å². The minimum Gasteiger partial charge on any atom is -0.465 e. The second kappa shape index (κ2) is 9.73. The normalized spacial score (nSPS) is 13.7. The Labute approximate surface area is 204 Å². The molecule has 0 saturated carbocycles. The largest absolute Gasteiger partial charge is 0.465 e. The lowest BCUT2D eigenvalue weighted by Crippen LogP contribution is -2.47. The molecule has 9 nitrogen and oxygen atoms in total. The molecule has 0 aliphatic carbocycles. The highest BCUT2D eigenvalue weighted by Crippen LogP contribution is 2.30. The van der Waals surface area contributed by atoms with E-state index in [0.717, 1.165) is 0 Å². The minimum absolute atomic E-state index is 0.206. The third kappa shape index (κ3) is 5.08. The summed E-state index contributed by atoms with van der Waals surface area (Å²) in [7, 11) is -2.83. The quantitative estimate of drug-likeness (QED) is 0.433. The summed E-state index contributed by atoms with van der Waals surface area (Å²) in [6, 6.07) is 10.3. The summed E-state index contributed by atoms with van der Waals surface area (Å²) in [6.45, 7) is 8.63. The van der Waals surface area contributed by atoms with Crippen LogP contribution in [0, 0.1) is 0 Å². The predicted octanol–water partition coefficient (Wildman–Crippen LogP) is 4.06. The lowest BCUT2D eigenvalue weighted by Gasteiger charge is -2.38. The fraction of sp³-hybridized carbons (Fsp3) is 0.348. The molecule has 3 rings (SSSR count). The summed E-state index contributed by atoms with van der Waals surface area (Å²) >= 11 is 6.34. The maximum absolute atomic E-state index is 13.7. The van der Waals surface area contributed by atoms with Crippen LogP contribution in [-0.4, -0.2) is 39.6 Å². The van der Waals surface area contributed by atoms with Gasteiger partial charge < -0.3 is 5.11 Å². The molecule has 0 bridgehead atoms. The monoisotopic (exact) mass is 506 g/mol. The summed E-state index contributed by atoms with van der Waals surface area (Å²) in [4.78, 5) is 31.8. The second-order valence-corrected chi connectivity index (χ2v) is 10.1. The van der Waals surface area contributed by atoms with E-state index in [1.54, 1.807) is 77.1 Å². The van der Waals surface area contributed by atoms with Gasteiger partial charge in [0.05, 0.1) is 27.7 Å². The summed E-state index contributed by atoms with van der Waals surface area (Å²) in [5.41, 5.74) is 0.144. The van der Waals surface area contributed by atoms with Crippen molar-refractivity contribution in [1.29, 1.82) is 0 Å². The molecule has 2 atom stereocenters. The fourth-order valence-corrected chi connectivity index (χ4v) is 4.77. The van der Waals surface area contributed by atoms with E-state index in [-0.39, 0.29) is 16.2 Å². The van der Waals surface area contributed by atoms with E-state index in [1.165, 1.54) is 9.47 Å². The van der Waals surface area contributed by atoms with E-state index in [0.29, 0.717) is 16.8 Å². The van der Waals surface area contributed by atoms with Crippen molar-refractivity contribution in [2.75, 3.05) is 0 Å². The Kier molecular flexibility index (Phi) is 7.35. The van der Waals surface area contributed by atoms with Gasteiger partial charge in [-0.15, -0.1) is 0 Å². The van der Waals surface area contributed by atoms with Crippen LogP contribution in [0.15, 0.2) is 47.3 Å². The third-order valence-electron chi connectivity index (χ3n) is 5.49. The first-order valence-corrected chi connectivity index (χ1v) is 12.1. The highest BCUT2D eigenvalue weighted by atomic mass is 35.5. The van der Waals surface area contributed by atoms with E-state index in [1.807, 2.05) is 0 Å². The number of fused-ring (bicyclic) bond motifs is 1. The lowest BCUT2D eigenvalue weighted by atomic mass is 10.0. The van der Waals surface area contributed by atoms with Crippen LogP contribution in [0.5, 0.6) is 0 Å². The van der Waals surface area contributed by atoms with Crippen molar-refractivity contribution in [3.8, 4) is 5.69 Å². The van der Waals surface area contributed by atoms with Gasteiger partial charge in [-0.2, -0.15) is 0 Å². The Morgan fingerprint density at radius 1 is 1.18 bits per heavy atom. The first-order valence-electron chi connectivity index (χ1n) is 10.6. The standard InChI is InChI=1S/C23H27ClN4O5S/c1-13(26-34(32)33)15-8-6-9-16(12-15)27-20(14(2)28(22(30)31)23(3,4)5)25-18-11-7-10-17(24)19(18)21(27)29/h6-14,34H,1-5H3,(H,30,31)(H,26,32,33). The van der Waals surface area contributed by atoms with Crippen LogP contribution in [0.4, 0.5) is 4.79 Å². The smallest absolute Gasteiger partial charge is 0.408 e. The van der Waals surface area contributed by atoms with E-state index in [9.17, 15) is 23.1 Å². The molecule has 1 amide bonds. The highest BCUT2D eigenvalue weighted by Gasteiger charge is 2.34. The average molecular weight is 507 g/mol. The van der Waals surface area contributed by atoms with E-state index in [2.05, 4.69) is 9.71 Å². The van der Waals surface area contributed by atoms with E-state index in [4.69, 9.17) is 11.6 Å². The van der Waals surface area contributed by atoms with Crippen molar-refractivity contribution >= 4 is 39.5 Å². The Morgan fingerprint density at radius 2 is 1.82 bits per heavy atom. The molecule has 1 heterocycles. The predicted molar refractivity (Wildman–Crippen MR) is 132 cm³/mol. The van der Waals surface area contributed by atoms with Gasteiger partial charge in [0.15, 0.2) is 0 Å². The maximum Gasteiger partial charge on any atom is 0.408 e. The average Bonchev–Trinajstić information content (AvgIpc) is 2.71. The van der Waals surface area contributed by atoms with Crippen LogP contribution in [0.3, 0.4) is 0 Å². The number of hydrogen-bond acceptors (Lipinski definition) is 5. The van der Waals surface area contributed by atoms with Crippen LogP contribution in [-0.2, 0) is 10.9 Å². The van der Waals surface area contributed by atoms with Crippen LogP contribution in [0.2, 0.25) is 5.02 Å². The number of nitrogens with zero attached hydrogens (tertiary/aromatic N) is 3. The number of hydrogen-bond donors (Lipinski definition) is 3. The Morgan fingerprint density at radius 3 is 2.41 bits per heavy atom. The molecule has 0 aliphatic rings. The van der Waals surface area contributed by atoms with Gasteiger partial charge in [-0.3, -0.25) is 14.3 Å². The molecule has 0 spiro atoms. The van der Waals surface area contributed by atoms with Gasteiger partial charge in [-0.1, -0.05) is 29.8 Å². The summed E-state index contributed by atoms with van der Waals surface area (Å²) in [5, 5.41) is 10.4. The van der Waals surface area contributed by atoms with Crippen LogP contribution in [0.25, 0.3) is 16.6 Å². The van der Waals surface area contributed by atoms with Crippen molar-refractivity contribution in [2.45, 2.75) is 52.2 Å². The van der Waals surface area contributed by atoms with Gasteiger partial charge in [0.2, 0.25) is 10.9 Å². The van der Waals surface area contributed by atoms with E-state index >= 15 is 0 Å². The van der Waals surface area contributed by atoms with Crippen molar-refractivity contribution in [3.05, 3.63) is 69.2 Å². The molecule has 1 aromatic heterocycles. The number of halogens is 1. The minimum atomic E-state index is -2.83.